The number of alkyl halides is 1. The van der Waals surface area contributed by atoms with E-state index in [0.717, 1.165) is 24.5 Å². The zero-order valence-electron chi connectivity index (χ0n) is 20.2. The molecule has 0 aromatic heterocycles. The second-order valence-electron chi connectivity index (χ2n) is 8.83. The first-order chi connectivity index (χ1) is 16.7. The standard InChI is InChI=1S/C27H31F3O5/c1-4-16(3)23(28)27(32)35-20-12-8-18(9-13-20)17-6-10-19(11-7-17)34-26(31)21-14-15-22(33-5-2)25(30)24(21)29/h6-7,10-11,14-16,18,20,23H,4-5,8-9,12-13H2,1-3H3/t16-,18-,20-,23-/m0/s1. The average molecular weight is 493 g/mol. The number of carbonyl (C=O) groups is 2. The van der Waals surface area contributed by atoms with Crippen molar-refractivity contribution < 1.29 is 37.0 Å². The smallest absolute Gasteiger partial charge is 0.346 e. The summed E-state index contributed by atoms with van der Waals surface area (Å²) >= 11 is 0. The van der Waals surface area contributed by atoms with E-state index < -0.39 is 35.3 Å². The van der Waals surface area contributed by atoms with Gasteiger partial charge in [0.05, 0.1) is 12.2 Å². The van der Waals surface area contributed by atoms with Crippen molar-refractivity contribution in [1.82, 2.24) is 0 Å². The van der Waals surface area contributed by atoms with Gasteiger partial charge in [0.15, 0.2) is 17.7 Å². The maximum Gasteiger partial charge on any atom is 0.346 e. The lowest BCUT2D eigenvalue weighted by Gasteiger charge is -2.29. The third kappa shape index (κ3) is 6.55. The van der Waals surface area contributed by atoms with Gasteiger partial charge in [0.1, 0.15) is 11.9 Å². The van der Waals surface area contributed by atoms with Crippen molar-refractivity contribution in [2.75, 3.05) is 6.61 Å². The minimum atomic E-state index is -1.60. The number of benzene rings is 2. The summed E-state index contributed by atoms with van der Waals surface area (Å²) < 4.78 is 57.9. The number of halogens is 3. The third-order valence-electron chi connectivity index (χ3n) is 6.45. The molecule has 2 atom stereocenters. The molecule has 0 bridgehead atoms. The van der Waals surface area contributed by atoms with Crippen molar-refractivity contribution in [3.63, 3.8) is 0 Å². The number of esters is 2. The molecule has 3 rings (SSSR count). The first kappa shape index (κ1) is 26.6. The van der Waals surface area contributed by atoms with Gasteiger partial charge in [-0.3, -0.25) is 0 Å². The van der Waals surface area contributed by atoms with Crippen LogP contribution in [0.3, 0.4) is 0 Å². The van der Waals surface area contributed by atoms with E-state index in [-0.39, 0.29) is 36.0 Å². The predicted molar refractivity (Wildman–Crippen MR) is 124 cm³/mol. The van der Waals surface area contributed by atoms with Gasteiger partial charge in [0, 0.05) is 0 Å². The van der Waals surface area contributed by atoms with Gasteiger partial charge in [0.2, 0.25) is 5.82 Å². The van der Waals surface area contributed by atoms with E-state index >= 15 is 0 Å². The van der Waals surface area contributed by atoms with Crippen LogP contribution < -0.4 is 9.47 Å². The van der Waals surface area contributed by atoms with Gasteiger partial charge in [-0.2, -0.15) is 4.39 Å². The summed E-state index contributed by atoms with van der Waals surface area (Å²) in [4.78, 5) is 24.3. The molecule has 0 saturated heterocycles. The van der Waals surface area contributed by atoms with Crippen LogP contribution in [-0.2, 0) is 9.53 Å². The third-order valence-corrected chi connectivity index (χ3v) is 6.45. The van der Waals surface area contributed by atoms with Crippen LogP contribution in [0.15, 0.2) is 36.4 Å². The van der Waals surface area contributed by atoms with E-state index in [0.29, 0.717) is 19.3 Å². The number of rotatable bonds is 9. The molecular weight excluding hydrogens is 461 g/mol. The normalized spacial score (nSPS) is 19.5. The molecule has 1 fully saturated rings. The highest BCUT2D eigenvalue weighted by Crippen LogP contribution is 2.35. The zero-order chi connectivity index (χ0) is 25.5. The Balaban J connectivity index is 1.54. The molecule has 2 aromatic rings. The summed E-state index contributed by atoms with van der Waals surface area (Å²) in [6.45, 7) is 5.33. The fourth-order valence-corrected chi connectivity index (χ4v) is 4.11. The summed E-state index contributed by atoms with van der Waals surface area (Å²) in [5, 5.41) is 0. The molecule has 0 amide bonds. The van der Waals surface area contributed by atoms with Gasteiger partial charge in [-0.1, -0.05) is 32.4 Å². The second-order valence-corrected chi connectivity index (χ2v) is 8.83. The Morgan fingerprint density at radius 2 is 1.63 bits per heavy atom. The summed E-state index contributed by atoms with van der Waals surface area (Å²) in [7, 11) is 0. The second kappa shape index (κ2) is 12.1. The van der Waals surface area contributed by atoms with Crippen molar-refractivity contribution in [2.24, 2.45) is 5.92 Å². The Morgan fingerprint density at radius 1 is 0.971 bits per heavy atom. The SMILES string of the molecule is CCOc1ccc(C(=O)Oc2ccc([C@H]3CC[C@H](OC(=O)[C@@H](F)[C@@H](C)CC)CC3)cc2)c(F)c1F. The summed E-state index contributed by atoms with van der Waals surface area (Å²) in [5.41, 5.74) is 0.502. The van der Waals surface area contributed by atoms with E-state index in [1.807, 2.05) is 19.1 Å². The first-order valence-corrected chi connectivity index (χ1v) is 12.0. The van der Waals surface area contributed by atoms with E-state index in [1.54, 1.807) is 26.0 Å². The van der Waals surface area contributed by atoms with E-state index in [2.05, 4.69) is 0 Å². The Kier molecular flexibility index (Phi) is 9.18. The van der Waals surface area contributed by atoms with Crippen molar-refractivity contribution in [1.29, 1.82) is 0 Å². The minimum Gasteiger partial charge on any atom is -0.491 e. The van der Waals surface area contributed by atoms with E-state index in [9.17, 15) is 22.8 Å². The first-order valence-electron chi connectivity index (χ1n) is 12.0. The molecule has 0 spiro atoms. The maximum absolute atomic E-state index is 14.3. The Bertz CT molecular complexity index is 1020. The number of hydrogen-bond acceptors (Lipinski definition) is 5. The molecule has 0 aliphatic heterocycles. The molecule has 1 aliphatic carbocycles. The molecule has 5 nitrogen and oxygen atoms in total. The maximum atomic E-state index is 14.3. The minimum absolute atomic E-state index is 0.162. The molecule has 1 saturated carbocycles. The highest BCUT2D eigenvalue weighted by molar-refractivity contribution is 5.91. The van der Waals surface area contributed by atoms with Crippen molar-refractivity contribution in [3.8, 4) is 11.5 Å². The lowest BCUT2D eigenvalue weighted by molar-refractivity contribution is -0.158. The number of carbonyl (C=O) groups excluding carboxylic acids is 2. The van der Waals surface area contributed by atoms with Gasteiger partial charge >= 0.3 is 11.9 Å². The van der Waals surface area contributed by atoms with Crippen LogP contribution in [0.2, 0.25) is 0 Å². The van der Waals surface area contributed by atoms with Gasteiger partial charge in [-0.05, 0) is 74.3 Å². The highest BCUT2D eigenvalue weighted by Gasteiger charge is 2.30. The van der Waals surface area contributed by atoms with Crippen molar-refractivity contribution >= 4 is 11.9 Å². The molecule has 0 unspecified atom stereocenters. The molecule has 1 aliphatic rings. The van der Waals surface area contributed by atoms with Crippen LogP contribution in [0.1, 0.15) is 74.7 Å². The summed E-state index contributed by atoms with van der Waals surface area (Å²) in [6, 6.07) is 9.14. The van der Waals surface area contributed by atoms with Crippen LogP contribution in [0.5, 0.6) is 11.5 Å². The fourth-order valence-electron chi connectivity index (χ4n) is 4.11. The molecule has 0 N–H and O–H groups in total. The van der Waals surface area contributed by atoms with Crippen LogP contribution in [0.25, 0.3) is 0 Å². The zero-order valence-corrected chi connectivity index (χ0v) is 20.2. The van der Waals surface area contributed by atoms with Gasteiger partial charge in [-0.25, -0.2) is 18.4 Å². The lowest BCUT2D eigenvalue weighted by Crippen LogP contribution is -2.31. The number of hydrogen-bond donors (Lipinski definition) is 0. The van der Waals surface area contributed by atoms with Gasteiger partial charge in [0.25, 0.3) is 0 Å². The molecular formula is C27H31F3O5. The number of ether oxygens (including phenoxy) is 3. The van der Waals surface area contributed by atoms with Gasteiger partial charge in [-0.15, -0.1) is 0 Å². The lowest BCUT2D eigenvalue weighted by atomic mass is 9.82. The van der Waals surface area contributed by atoms with E-state index in [4.69, 9.17) is 14.2 Å². The molecule has 8 heteroatoms. The highest BCUT2D eigenvalue weighted by atomic mass is 19.2. The van der Waals surface area contributed by atoms with Crippen LogP contribution in [0.4, 0.5) is 13.2 Å². The van der Waals surface area contributed by atoms with Crippen molar-refractivity contribution in [2.45, 2.75) is 71.1 Å². The molecule has 35 heavy (non-hydrogen) atoms. The summed E-state index contributed by atoms with van der Waals surface area (Å²) in [6.07, 6.45) is 1.51. The van der Waals surface area contributed by atoms with E-state index in [1.165, 1.54) is 6.07 Å². The van der Waals surface area contributed by atoms with Crippen LogP contribution in [0, 0.1) is 17.6 Å². The largest absolute Gasteiger partial charge is 0.491 e. The fraction of sp³-hybridized carbons (Fsp3) is 0.481. The molecule has 2 aromatic carbocycles. The topological polar surface area (TPSA) is 61.8 Å². The van der Waals surface area contributed by atoms with Crippen LogP contribution >= 0.6 is 0 Å². The molecule has 0 radical (unpaired) electrons. The van der Waals surface area contributed by atoms with Gasteiger partial charge < -0.3 is 14.2 Å². The average Bonchev–Trinajstić information content (AvgIpc) is 2.87. The predicted octanol–water partition coefficient (Wildman–Crippen LogP) is 6.54. The molecule has 0 heterocycles. The Labute approximate surface area is 203 Å². The monoisotopic (exact) mass is 492 g/mol. The Morgan fingerprint density at radius 3 is 2.23 bits per heavy atom. The molecule has 190 valence electrons. The van der Waals surface area contributed by atoms with Crippen LogP contribution in [-0.4, -0.2) is 30.8 Å². The summed E-state index contributed by atoms with van der Waals surface area (Å²) in [5.74, 6) is -4.55. The quantitative estimate of drug-likeness (QED) is 0.294. The van der Waals surface area contributed by atoms with Crippen molar-refractivity contribution in [3.05, 3.63) is 59.2 Å². The Hall–Kier alpha value is -3.03.